The highest BCUT2D eigenvalue weighted by Gasteiger charge is 2.22. The van der Waals surface area contributed by atoms with Crippen molar-refractivity contribution >= 4 is 0 Å². The number of rotatable bonds is 1. The van der Waals surface area contributed by atoms with Crippen molar-refractivity contribution in [3.8, 4) is 0 Å². The van der Waals surface area contributed by atoms with Crippen LogP contribution in [0.25, 0.3) is 0 Å². The lowest BCUT2D eigenvalue weighted by molar-refractivity contribution is 0.179. The molecule has 3 nitrogen and oxygen atoms in total. The van der Waals surface area contributed by atoms with Crippen LogP contribution in [0.15, 0.2) is 23.5 Å². The summed E-state index contributed by atoms with van der Waals surface area (Å²) in [4.78, 5) is 0. The van der Waals surface area contributed by atoms with Crippen molar-refractivity contribution in [3.05, 3.63) is 23.5 Å². The molecule has 15 heavy (non-hydrogen) atoms. The Morgan fingerprint density at radius 1 is 1.27 bits per heavy atom. The van der Waals surface area contributed by atoms with Crippen molar-refractivity contribution in [2.75, 3.05) is 0 Å². The van der Waals surface area contributed by atoms with Crippen LogP contribution in [0, 0.1) is 0 Å². The second-order valence-electron chi connectivity index (χ2n) is 5.08. The molecule has 0 aromatic rings. The maximum atomic E-state index is 6.11. The molecule has 0 aliphatic heterocycles. The minimum absolute atomic E-state index is 0.0666. The maximum Gasteiger partial charge on any atom is 0.0487 e. The van der Waals surface area contributed by atoms with Crippen LogP contribution in [0.2, 0.25) is 0 Å². The van der Waals surface area contributed by atoms with E-state index in [-0.39, 0.29) is 5.54 Å². The van der Waals surface area contributed by atoms with Gasteiger partial charge in [-0.3, -0.25) is 0 Å². The zero-order valence-corrected chi connectivity index (χ0v) is 10.1. The average Bonchev–Trinajstić information content (AvgIpc) is 2.10. The topological polar surface area (TPSA) is 55.3 Å². The summed E-state index contributed by atoms with van der Waals surface area (Å²) in [6, 6.07) is 0. The molecule has 3 heteroatoms. The Kier molecular flexibility index (Phi) is 3.80. The highest BCUT2D eigenvalue weighted by Crippen LogP contribution is 2.23. The van der Waals surface area contributed by atoms with Gasteiger partial charge in [0.15, 0.2) is 0 Å². The van der Waals surface area contributed by atoms with Crippen molar-refractivity contribution in [1.29, 1.82) is 0 Å². The monoisotopic (exact) mass is 209 g/mol. The molecule has 0 saturated heterocycles. The van der Waals surface area contributed by atoms with E-state index < -0.39 is 0 Å². The first-order valence-corrected chi connectivity index (χ1v) is 5.60. The summed E-state index contributed by atoms with van der Waals surface area (Å²) < 4.78 is 0. The van der Waals surface area contributed by atoms with Gasteiger partial charge < -0.3 is 10.7 Å². The molecular weight excluding hydrogens is 186 g/mol. The number of nitrogens with two attached hydrogens (primary N) is 2. The van der Waals surface area contributed by atoms with E-state index in [1.165, 1.54) is 0 Å². The molecule has 1 aliphatic rings. The van der Waals surface area contributed by atoms with Crippen molar-refractivity contribution in [2.45, 2.75) is 52.0 Å². The van der Waals surface area contributed by atoms with E-state index in [2.05, 4.69) is 32.9 Å². The molecule has 0 fully saturated rings. The Morgan fingerprint density at radius 2 is 1.93 bits per heavy atom. The summed E-state index contributed by atoms with van der Waals surface area (Å²) in [6.45, 7) is 6.30. The fraction of sp³-hybridized carbons (Fsp3) is 0.667. The molecule has 0 bridgehead atoms. The molecule has 0 saturated carbocycles. The zero-order valence-electron chi connectivity index (χ0n) is 10.1. The second kappa shape index (κ2) is 4.71. The standard InChI is InChI=1S/C12H23N3/c1-12(2,3)15(14)11-9-7-5-4-6-8-10(11)13/h4,6H,5,7-9,13-14H2,1-3H3/b6-4-,11-10+. The lowest BCUT2D eigenvalue weighted by Gasteiger charge is -2.36. The van der Waals surface area contributed by atoms with Crippen LogP contribution < -0.4 is 11.6 Å². The van der Waals surface area contributed by atoms with E-state index in [1.54, 1.807) is 0 Å². The molecule has 0 aromatic heterocycles. The highest BCUT2D eigenvalue weighted by atomic mass is 15.4. The third-order valence-electron chi connectivity index (χ3n) is 2.67. The Balaban J connectivity index is 2.88. The van der Waals surface area contributed by atoms with Gasteiger partial charge in [-0.15, -0.1) is 0 Å². The van der Waals surface area contributed by atoms with E-state index in [9.17, 15) is 0 Å². The number of nitrogens with zero attached hydrogens (tertiary/aromatic N) is 1. The molecule has 4 N–H and O–H groups in total. The third-order valence-corrected chi connectivity index (χ3v) is 2.67. The van der Waals surface area contributed by atoms with Crippen LogP contribution >= 0.6 is 0 Å². The van der Waals surface area contributed by atoms with Gasteiger partial charge in [-0.1, -0.05) is 12.2 Å². The second-order valence-corrected chi connectivity index (χ2v) is 5.08. The molecule has 0 unspecified atom stereocenters. The number of allylic oxidation sites excluding steroid dienone is 3. The summed E-state index contributed by atoms with van der Waals surface area (Å²) in [5.41, 5.74) is 8.00. The summed E-state index contributed by atoms with van der Waals surface area (Å²) in [7, 11) is 0. The van der Waals surface area contributed by atoms with Crippen molar-refractivity contribution in [1.82, 2.24) is 5.01 Å². The van der Waals surface area contributed by atoms with Crippen LogP contribution in [0.1, 0.15) is 46.5 Å². The fourth-order valence-electron chi connectivity index (χ4n) is 1.67. The van der Waals surface area contributed by atoms with Gasteiger partial charge in [0.1, 0.15) is 0 Å². The maximum absolute atomic E-state index is 6.11. The van der Waals surface area contributed by atoms with Crippen LogP contribution in [-0.2, 0) is 0 Å². The van der Waals surface area contributed by atoms with Gasteiger partial charge in [-0.05, 0) is 40.0 Å². The Hall–Kier alpha value is -0.960. The van der Waals surface area contributed by atoms with Crippen LogP contribution in [0.3, 0.4) is 0 Å². The van der Waals surface area contributed by atoms with Crippen molar-refractivity contribution in [2.24, 2.45) is 11.6 Å². The third kappa shape index (κ3) is 3.27. The van der Waals surface area contributed by atoms with Crippen LogP contribution in [0.4, 0.5) is 0 Å². The van der Waals surface area contributed by atoms with Crippen molar-refractivity contribution in [3.63, 3.8) is 0 Å². The first-order chi connectivity index (χ1) is 6.93. The fourth-order valence-corrected chi connectivity index (χ4v) is 1.67. The lowest BCUT2D eigenvalue weighted by atomic mass is 10.0. The van der Waals surface area contributed by atoms with Crippen LogP contribution in [-0.4, -0.2) is 10.5 Å². The first kappa shape index (κ1) is 12.1. The van der Waals surface area contributed by atoms with E-state index >= 15 is 0 Å². The minimum Gasteiger partial charge on any atom is -0.400 e. The summed E-state index contributed by atoms with van der Waals surface area (Å²) in [5.74, 6) is 6.11. The normalized spacial score (nSPS) is 25.6. The van der Waals surface area contributed by atoms with Gasteiger partial charge in [-0.2, -0.15) is 0 Å². The van der Waals surface area contributed by atoms with E-state index in [1.807, 2.05) is 5.01 Å². The highest BCUT2D eigenvalue weighted by molar-refractivity contribution is 5.16. The molecule has 0 spiro atoms. The van der Waals surface area contributed by atoms with E-state index in [0.29, 0.717) is 0 Å². The first-order valence-electron chi connectivity index (χ1n) is 5.60. The van der Waals surface area contributed by atoms with Gasteiger partial charge in [0.05, 0.1) is 0 Å². The molecule has 86 valence electrons. The average molecular weight is 209 g/mol. The molecule has 1 aliphatic carbocycles. The van der Waals surface area contributed by atoms with Gasteiger partial charge in [0.2, 0.25) is 0 Å². The Morgan fingerprint density at radius 3 is 2.53 bits per heavy atom. The Labute approximate surface area is 92.8 Å². The predicted molar refractivity (Wildman–Crippen MR) is 64.6 cm³/mol. The quantitative estimate of drug-likeness (QED) is 0.396. The summed E-state index contributed by atoms with van der Waals surface area (Å²) >= 11 is 0. The Bertz CT molecular complexity index is 271. The minimum atomic E-state index is -0.0666. The van der Waals surface area contributed by atoms with Crippen LogP contribution in [0.5, 0.6) is 0 Å². The molecule has 0 heterocycles. The molecule has 0 atom stereocenters. The number of hydrazine groups is 1. The van der Waals surface area contributed by atoms with Gasteiger partial charge >= 0.3 is 0 Å². The van der Waals surface area contributed by atoms with Gasteiger partial charge in [0.25, 0.3) is 0 Å². The smallest absolute Gasteiger partial charge is 0.0487 e. The predicted octanol–water partition coefficient (Wildman–Crippen LogP) is 2.26. The largest absolute Gasteiger partial charge is 0.400 e. The number of hydrogen-bond donors (Lipinski definition) is 2. The van der Waals surface area contributed by atoms with Gasteiger partial charge in [0, 0.05) is 23.4 Å². The molecule has 0 aromatic carbocycles. The SMILES string of the molecule is CC(C)(C)N(N)/C1=C(/N)C/C=C\CCC1. The summed E-state index contributed by atoms with van der Waals surface area (Å²) in [6.07, 6.45) is 8.36. The summed E-state index contributed by atoms with van der Waals surface area (Å²) in [5, 5.41) is 1.82. The molecule has 1 rings (SSSR count). The van der Waals surface area contributed by atoms with Crippen molar-refractivity contribution < 1.29 is 0 Å². The molecular formula is C12H23N3. The van der Waals surface area contributed by atoms with E-state index in [0.717, 1.165) is 37.1 Å². The lowest BCUT2D eigenvalue weighted by Crippen LogP contribution is -2.46. The van der Waals surface area contributed by atoms with E-state index in [4.69, 9.17) is 11.6 Å². The zero-order chi connectivity index (χ0) is 11.5. The van der Waals surface area contributed by atoms with Gasteiger partial charge in [-0.25, -0.2) is 5.84 Å². The number of hydrogen-bond acceptors (Lipinski definition) is 3. The molecule has 0 amide bonds. The molecule has 0 radical (unpaired) electrons.